The standard InChI is InChI=1S/C37H42FN3O6S/c1-26(2)23-39-37(43)34(21-28-11-7-6-8-12-28)40(24-29-13-9-10-14-32(29)38)36(42)25-41(33-22-30(46-4)17-20-35(33)47-5)48(44,45)31-18-15-27(3)16-19-31/h6-20,22,26,34H,21,23-25H2,1-5H3,(H,39,43)/t34-/m0/s1. The lowest BCUT2D eigenvalue weighted by Gasteiger charge is -2.34. The average molecular weight is 676 g/mol. The van der Waals surface area contributed by atoms with E-state index >= 15 is 4.39 Å². The van der Waals surface area contributed by atoms with E-state index in [0.717, 1.165) is 15.4 Å². The van der Waals surface area contributed by atoms with Crippen molar-refractivity contribution >= 4 is 27.5 Å². The molecular weight excluding hydrogens is 633 g/mol. The molecule has 0 aliphatic heterocycles. The van der Waals surface area contributed by atoms with Gasteiger partial charge in [0.25, 0.3) is 10.0 Å². The fourth-order valence-corrected chi connectivity index (χ4v) is 6.55. The van der Waals surface area contributed by atoms with Crippen molar-refractivity contribution < 1.29 is 31.9 Å². The van der Waals surface area contributed by atoms with Crippen LogP contribution in [-0.2, 0) is 32.6 Å². The van der Waals surface area contributed by atoms with Gasteiger partial charge >= 0.3 is 0 Å². The van der Waals surface area contributed by atoms with Crippen molar-refractivity contribution in [2.45, 2.75) is 44.7 Å². The molecule has 1 atom stereocenters. The Balaban J connectivity index is 1.87. The Labute approximate surface area is 282 Å². The molecule has 0 saturated heterocycles. The molecule has 48 heavy (non-hydrogen) atoms. The van der Waals surface area contributed by atoms with E-state index in [1.165, 1.54) is 55.5 Å². The minimum absolute atomic E-state index is 0.0538. The average Bonchev–Trinajstić information content (AvgIpc) is 3.08. The Bertz CT molecular complexity index is 1800. The molecule has 4 aromatic carbocycles. The molecule has 0 aliphatic rings. The van der Waals surface area contributed by atoms with Crippen molar-refractivity contribution in [2.24, 2.45) is 5.92 Å². The number of anilines is 1. The summed E-state index contributed by atoms with van der Waals surface area (Å²) in [6, 6.07) is 24.9. The van der Waals surface area contributed by atoms with Crippen LogP contribution in [0.5, 0.6) is 11.5 Å². The van der Waals surface area contributed by atoms with Crippen LogP contribution < -0.4 is 19.1 Å². The molecule has 0 unspecified atom stereocenters. The number of carbonyl (C=O) groups is 2. The van der Waals surface area contributed by atoms with Gasteiger partial charge in [-0.05, 0) is 48.7 Å². The van der Waals surface area contributed by atoms with Crippen LogP contribution in [0.4, 0.5) is 10.1 Å². The third-order valence-corrected chi connectivity index (χ3v) is 9.57. The number of halogens is 1. The van der Waals surface area contributed by atoms with Gasteiger partial charge in [-0.2, -0.15) is 0 Å². The second-order valence-electron chi connectivity index (χ2n) is 11.8. The highest BCUT2D eigenvalue weighted by atomic mass is 32.2. The van der Waals surface area contributed by atoms with Crippen LogP contribution in [0, 0.1) is 18.7 Å². The summed E-state index contributed by atoms with van der Waals surface area (Å²) < 4.78 is 55.8. The van der Waals surface area contributed by atoms with E-state index in [-0.39, 0.29) is 40.8 Å². The second kappa shape index (κ2) is 16.3. The van der Waals surface area contributed by atoms with E-state index in [9.17, 15) is 18.0 Å². The SMILES string of the molecule is COc1ccc(OC)c(N(CC(=O)N(Cc2ccccc2F)[C@@H](Cc2ccccc2)C(=O)NCC(C)C)S(=O)(=O)c2ccc(C)cc2)c1. The van der Waals surface area contributed by atoms with Gasteiger partial charge in [-0.15, -0.1) is 0 Å². The Hall–Kier alpha value is -4.90. The normalized spacial score (nSPS) is 11.9. The number of hydrogen-bond acceptors (Lipinski definition) is 6. The molecule has 0 aliphatic carbocycles. The Morgan fingerprint density at radius 1 is 0.875 bits per heavy atom. The number of aryl methyl sites for hydroxylation is 1. The van der Waals surface area contributed by atoms with Gasteiger partial charge in [0.05, 0.1) is 24.8 Å². The van der Waals surface area contributed by atoms with Crippen molar-refractivity contribution in [3.63, 3.8) is 0 Å². The predicted octanol–water partition coefficient (Wildman–Crippen LogP) is 5.76. The lowest BCUT2D eigenvalue weighted by Crippen LogP contribution is -2.53. The quantitative estimate of drug-likeness (QED) is 0.172. The first-order valence-electron chi connectivity index (χ1n) is 15.6. The van der Waals surface area contributed by atoms with E-state index in [0.29, 0.717) is 12.3 Å². The topological polar surface area (TPSA) is 105 Å². The fraction of sp³-hybridized carbons (Fsp3) is 0.297. The summed E-state index contributed by atoms with van der Waals surface area (Å²) in [5.41, 5.74) is 1.85. The maximum absolute atomic E-state index is 15.1. The van der Waals surface area contributed by atoms with Crippen LogP contribution in [0.1, 0.15) is 30.5 Å². The van der Waals surface area contributed by atoms with Crippen molar-refractivity contribution in [3.05, 3.63) is 120 Å². The maximum atomic E-state index is 15.1. The molecule has 2 amide bonds. The number of sulfonamides is 1. The summed E-state index contributed by atoms with van der Waals surface area (Å²) >= 11 is 0. The number of carbonyl (C=O) groups excluding carboxylic acids is 2. The van der Waals surface area contributed by atoms with Crippen LogP contribution in [0.15, 0.2) is 102 Å². The van der Waals surface area contributed by atoms with Crippen molar-refractivity contribution in [1.82, 2.24) is 10.2 Å². The molecule has 9 nitrogen and oxygen atoms in total. The first-order chi connectivity index (χ1) is 22.9. The summed E-state index contributed by atoms with van der Waals surface area (Å²) in [5.74, 6) is -1.09. The van der Waals surface area contributed by atoms with Gasteiger partial charge in [0.1, 0.15) is 29.9 Å². The summed E-state index contributed by atoms with van der Waals surface area (Å²) in [4.78, 5) is 29.7. The summed E-state index contributed by atoms with van der Waals surface area (Å²) in [6.07, 6.45) is 0.109. The van der Waals surface area contributed by atoms with E-state index in [1.54, 1.807) is 30.3 Å². The number of benzene rings is 4. The molecule has 254 valence electrons. The van der Waals surface area contributed by atoms with Gasteiger partial charge in [0.15, 0.2) is 0 Å². The molecule has 1 N–H and O–H groups in total. The lowest BCUT2D eigenvalue weighted by atomic mass is 10.0. The van der Waals surface area contributed by atoms with Gasteiger partial charge in [0.2, 0.25) is 11.8 Å². The van der Waals surface area contributed by atoms with Crippen LogP contribution in [0.3, 0.4) is 0 Å². The van der Waals surface area contributed by atoms with E-state index in [2.05, 4.69) is 5.32 Å². The number of ether oxygens (including phenoxy) is 2. The Morgan fingerprint density at radius 3 is 2.17 bits per heavy atom. The van der Waals surface area contributed by atoms with E-state index in [1.807, 2.05) is 51.1 Å². The van der Waals surface area contributed by atoms with E-state index < -0.39 is 40.2 Å². The van der Waals surface area contributed by atoms with Crippen LogP contribution in [0.2, 0.25) is 0 Å². The number of amides is 2. The number of hydrogen-bond donors (Lipinski definition) is 1. The summed E-state index contributed by atoms with van der Waals surface area (Å²) in [6.45, 7) is 5.07. The molecule has 11 heteroatoms. The third kappa shape index (κ3) is 8.92. The molecule has 0 radical (unpaired) electrons. The van der Waals surface area contributed by atoms with Gasteiger partial charge in [-0.25, -0.2) is 12.8 Å². The zero-order valence-corrected chi connectivity index (χ0v) is 28.7. The molecule has 0 heterocycles. The Morgan fingerprint density at radius 2 is 1.54 bits per heavy atom. The first-order valence-corrected chi connectivity index (χ1v) is 17.0. The van der Waals surface area contributed by atoms with E-state index in [4.69, 9.17) is 9.47 Å². The summed E-state index contributed by atoms with van der Waals surface area (Å²) in [5, 5.41) is 2.92. The molecule has 0 aromatic heterocycles. The summed E-state index contributed by atoms with van der Waals surface area (Å²) in [7, 11) is -1.56. The molecular formula is C37H42FN3O6S. The van der Waals surface area contributed by atoms with Crippen LogP contribution in [-0.4, -0.2) is 58.5 Å². The second-order valence-corrected chi connectivity index (χ2v) is 13.7. The molecule has 4 aromatic rings. The lowest BCUT2D eigenvalue weighted by molar-refractivity contribution is -0.140. The molecule has 4 rings (SSSR count). The highest BCUT2D eigenvalue weighted by Gasteiger charge is 2.36. The number of nitrogens with zero attached hydrogens (tertiary/aromatic N) is 2. The first kappa shape index (κ1) is 35.9. The molecule has 0 spiro atoms. The highest BCUT2D eigenvalue weighted by molar-refractivity contribution is 7.92. The van der Waals surface area contributed by atoms with Crippen LogP contribution in [0.25, 0.3) is 0 Å². The number of nitrogens with one attached hydrogen (secondary N) is 1. The van der Waals surface area contributed by atoms with Crippen molar-refractivity contribution in [1.29, 1.82) is 0 Å². The maximum Gasteiger partial charge on any atom is 0.264 e. The fourth-order valence-electron chi connectivity index (χ4n) is 5.13. The van der Waals surface area contributed by atoms with Gasteiger partial charge in [-0.1, -0.05) is 80.1 Å². The minimum Gasteiger partial charge on any atom is -0.497 e. The zero-order valence-electron chi connectivity index (χ0n) is 27.9. The highest BCUT2D eigenvalue weighted by Crippen LogP contribution is 2.36. The predicted molar refractivity (Wildman–Crippen MR) is 184 cm³/mol. The number of methoxy groups -OCH3 is 2. The third-order valence-electron chi connectivity index (χ3n) is 7.80. The molecule has 0 saturated carbocycles. The monoisotopic (exact) mass is 675 g/mol. The van der Waals surface area contributed by atoms with Gasteiger partial charge in [0, 0.05) is 31.1 Å². The van der Waals surface area contributed by atoms with Crippen molar-refractivity contribution in [3.8, 4) is 11.5 Å². The molecule has 0 fully saturated rings. The molecule has 0 bridgehead atoms. The van der Waals surface area contributed by atoms with Gasteiger partial charge in [-0.3, -0.25) is 13.9 Å². The van der Waals surface area contributed by atoms with Crippen LogP contribution >= 0.6 is 0 Å². The van der Waals surface area contributed by atoms with Gasteiger partial charge < -0.3 is 19.7 Å². The number of rotatable bonds is 15. The smallest absolute Gasteiger partial charge is 0.264 e. The zero-order chi connectivity index (χ0) is 34.8. The largest absolute Gasteiger partial charge is 0.497 e. The minimum atomic E-state index is -4.39. The Kier molecular flexibility index (Phi) is 12.2. The van der Waals surface area contributed by atoms with Crippen molar-refractivity contribution in [2.75, 3.05) is 31.6 Å².